The number of aromatic nitrogens is 3. The molecule has 4 aromatic rings. The molecule has 0 saturated carbocycles. The Morgan fingerprint density at radius 1 is 1.13 bits per heavy atom. The van der Waals surface area contributed by atoms with Crippen LogP contribution in [0.1, 0.15) is 11.6 Å². The SMILES string of the molecule is Cc1nnc(SCC(=O)N/N=C/c2ccc(-c3ccc(Br)cc3)o2)n1-c1ccccc1. The number of carbonyl (C=O) groups excluding carboxylic acids is 1. The molecule has 0 aliphatic carbocycles. The first-order chi connectivity index (χ1) is 15.1. The highest BCUT2D eigenvalue weighted by Gasteiger charge is 2.13. The van der Waals surface area contributed by atoms with Crippen molar-refractivity contribution in [1.82, 2.24) is 20.2 Å². The Bertz CT molecular complexity index is 1200. The number of hydrazone groups is 1. The second kappa shape index (κ2) is 9.76. The number of hydrogen-bond donors (Lipinski definition) is 1. The van der Waals surface area contributed by atoms with Crippen LogP contribution in [0.5, 0.6) is 0 Å². The van der Waals surface area contributed by atoms with Crippen LogP contribution in [0.2, 0.25) is 0 Å². The molecule has 2 aromatic heterocycles. The molecule has 0 aliphatic heterocycles. The lowest BCUT2D eigenvalue weighted by Gasteiger charge is -2.07. The number of nitrogens with zero attached hydrogens (tertiary/aromatic N) is 4. The lowest BCUT2D eigenvalue weighted by molar-refractivity contribution is -0.118. The highest BCUT2D eigenvalue weighted by molar-refractivity contribution is 9.10. The van der Waals surface area contributed by atoms with Crippen LogP contribution >= 0.6 is 27.7 Å². The van der Waals surface area contributed by atoms with Gasteiger partial charge in [-0.25, -0.2) is 5.43 Å². The maximum atomic E-state index is 12.2. The highest BCUT2D eigenvalue weighted by Crippen LogP contribution is 2.24. The van der Waals surface area contributed by atoms with E-state index in [-0.39, 0.29) is 11.7 Å². The molecule has 0 saturated heterocycles. The average molecular weight is 496 g/mol. The van der Waals surface area contributed by atoms with Gasteiger partial charge in [-0.15, -0.1) is 10.2 Å². The third kappa shape index (κ3) is 5.31. The zero-order chi connectivity index (χ0) is 21.6. The number of para-hydroxylation sites is 1. The van der Waals surface area contributed by atoms with E-state index in [1.807, 2.05) is 72.2 Å². The second-order valence-electron chi connectivity index (χ2n) is 6.49. The summed E-state index contributed by atoms with van der Waals surface area (Å²) in [6.07, 6.45) is 1.47. The van der Waals surface area contributed by atoms with Crippen LogP contribution in [0.15, 0.2) is 85.9 Å². The van der Waals surface area contributed by atoms with Gasteiger partial charge < -0.3 is 4.42 Å². The molecule has 0 spiro atoms. The van der Waals surface area contributed by atoms with E-state index in [9.17, 15) is 4.79 Å². The van der Waals surface area contributed by atoms with Gasteiger partial charge in [-0.3, -0.25) is 9.36 Å². The van der Waals surface area contributed by atoms with Gasteiger partial charge in [-0.2, -0.15) is 5.10 Å². The summed E-state index contributed by atoms with van der Waals surface area (Å²) < 4.78 is 8.66. The number of furan rings is 1. The van der Waals surface area contributed by atoms with Crippen molar-refractivity contribution in [2.24, 2.45) is 5.10 Å². The number of carbonyl (C=O) groups is 1. The number of halogens is 1. The van der Waals surface area contributed by atoms with Crippen LogP contribution in [0.25, 0.3) is 17.0 Å². The summed E-state index contributed by atoms with van der Waals surface area (Å²) in [5, 5.41) is 12.9. The quantitative estimate of drug-likeness (QED) is 0.225. The number of rotatable bonds is 7. The lowest BCUT2D eigenvalue weighted by atomic mass is 10.2. The minimum atomic E-state index is -0.249. The molecule has 0 bridgehead atoms. The fourth-order valence-electron chi connectivity index (χ4n) is 2.83. The van der Waals surface area contributed by atoms with Gasteiger partial charge in [0.25, 0.3) is 5.91 Å². The van der Waals surface area contributed by atoms with Gasteiger partial charge in [0.2, 0.25) is 0 Å². The molecule has 0 radical (unpaired) electrons. The largest absolute Gasteiger partial charge is 0.455 e. The zero-order valence-electron chi connectivity index (χ0n) is 16.5. The van der Waals surface area contributed by atoms with Crippen molar-refractivity contribution >= 4 is 39.8 Å². The van der Waals surface area contributed by atoms with Gasteiger partial charge in [0, 0.05) is 15.7 Å². The monoisotopic (exact) mass is 495 g/mol. The summed E-state index contributed by atoms with van der Waals surface area (Å²) in [4.78, 5) is 12.2. The first-order valence-corrected chi connectivity index (χ1v) is 11.2. The van der Waals surface area contributed by atoms with Crippen LogP contribution in [0, 0.1) is 6.92 Å². The standard InChI is InChI=1S/C22H18BrN5O2S/c1-15-25-27-22(28(15)18-5-3-2-4-6-18)31-14-21(29)26-24-13-19-11-12-20(30-19)16-7-9-17(23)10-8-16/h2-13H,14H2,1H3,(H,26,29)/b24-13+. The van der Waals surface area contributed by atoms with E-state index in [0.29, 0.717) is 10.9 Å². The van der Waals surface area contributed by atoms with Crippen molar-refractivity contribution in [2.75, 3.05) is 5.75 Å². The van der Waals surface area contributed by atoms with E-state index in [0.717, 1.165) is 27.3 Å². The highest BCUT2D eigenvalue weighted by atomic mass is 79.9. The van der Waals surface area contributed by atoms with Crippen molar-refractivity contribution in [3.05, 3.63) is 82.8 Å². The Kier molecular flexibility index (Phi) is 6.63. The van der Waals surface area contributed by atoms with Gasteiger partial charge in [-0.05, 0) is 43.3 Å². The Balaban J connectivity index is 1.33. The normalized spacial score (nSPS) is 11.2. The Morgan fingerprint density at radius 2 is 1.90 bits per heavy atom. The van der Waals surface area contributed by atoms with E-state index >= 15 is 0 Å². The molecule has 0 fully saturated rings. The molecule has 1 N–H and O–H groups in total. The minimum Gasteiger partial charge on any atom is -0.455 e. The van der Waals surface area contributed by atoms with Crippen molar-refractivity contribution < 1.29 is 9.21 Å². The summed E-state index contributed by atoms with van der Waals surface area (Å²) in [6, 6.07) is 21.2. The Morgan fingerprint density at radius 3 is 2.68 bits per heavy atom. The summed E-state index contributed by atoms with van der Waals surface area (Å²) in [7, 11) is 0. The first-order valence-electron chi connectivity index (χ1n) is 9.38. The van der Waals surface area contributed by atoms with Crippen LogP contribution < -0.4 is 5.43 Å². The summed E-state index contributed by atoms with van der Waals surface area (Å²) in [5.74, 6) is 1.94. The van der Waals surface area contributed by atoms with Crippen molar-refractivity contribution in [1.29, 1.82) is 0 Å². The number of thioether (sulfide) groups is 1. The van der Waals surface area contributed by atoms with Crippen LogP contribution in [0.4, 0.5) is 0 Å². The molecule has 7 nitrogen and oxygen atoms in total. The Labute approximate surface area is 191 Å². The van der Waals surface area contributed by atoms with E-state index in [2.05, 4.69) is 36.7 Å². The molecule has 0 aliphatic rings. The number of nitrogens with one attached hydrogen (secondary N) is 1. The number of benzene rings is 2. The molecule has 156 valence electrons. The molecule has 9 heteroatoms. The molecule has 0 atom stereocenters. The summed E-state index contributed by atoms with van der Waals surface area (Å²) >= 11 is 4.71. The lowest BCUT2D eigenvalue weighted by Crippen LogP contribution is -2.19. The van der Waals surface area contributed by atoms with Gasteiger partial charge in [-0.1, -0.05) is 58.0 Å². The molecular weight excluding hydrogens is 478 g/mol. The molecule has 2 heterocycles. The second-order valence-corrected chi connectivity index (χ2v) is 8.35. The maximum Gasteiger partial charge on any atom is 0.250 e. The van der Waals surface area contributed by atoms with E-state index in [1.165, 1.54) is 18.0 Å². The minimum absolute atomic E-state index is 0.157. The van der Waals surface area contributed by atoms with E-state index in [4.69, 9.17) is 4.42 Å². The molecule has 31 heavy (non-hydrogen) atoms. The summed E-state index contributed by atoms with van der Waals surface area (Å²) in [6.45, 7) is 1.88. The predicted molar refractivity (Wildman–Crippen MR) is 124 cm³/mol. The first kappa shape index (κ1) is 21.1. The number of hydrogen-bond acceptors (Lipinski definition) is 6. The molecule has 2 aromatic carbocycles. The van der Waals surface area contributed by atoms with Crippen molar-refractivity contribution in [3.8, 4) is 17.0 Å². The van der Waals surface area contributed by atoms with Gasteiger partial charge in [0.1, 0.15) is 17.3 Å². The summed E-state index contributed by atoms with van der Waals surface area (Å²) in [5.41, 5.74) is 4.42. The van der Waals surface area contributed by atoms with Crippen LogP contribution in [-0.4, -0.2) is 32.6 Å². The molecular formula is C22H18BrN5O2S. The fraction of sp³-hybridized carbons (Fsp3) is 0.0909. The fourth-order valence-corrected chi connectivity index (χ4v) is 3.89. The third-order valence-electron chi connectivity index (χ3n) is 4.28. The van der Waals surface area contributed by atoms with Crippen LogP contribution in [-0.2, 0) is 4.79 Å². The van der Waals surface area contributed by atoms with Crippen molar-refractivity contribution in [3.63, 3.8) is 0 Å². The third-order valence-corrected chi connectivity index (χ3v) is 5.74. The van der Waals surface area contributed by atoms with E-state index in [1.54, 1.807) is 6.07 Å². The topological polar surface area (TPSA) is 85.3 Å². The zero-order valence-corrected chi connectivity index (χ0v) is 18.9. The molecule has 1 amide bonds. The van der Waals surface area contributed by atoms with Crippen LogP contribution in [0.3, 0.4) is 0 Å². The van der Waals surface area contributed by atoms with Gasteiger partial charge in [0.15, 0.2) is 5.16 Å². The van der Waals surface area contributed by atoms with Crippen molar-refractivity contribution in [2.45, 2.75) is 12.1 Å². The van der Waals surface area contributed by atoms with Gasteiger partial charge >= 0.3 is 0 Å². The average Bonchev–Trinajstić information content (AvgIpc) is 3.40. The molecule has 4 rings (SSSR count). The maximum absolute atomic E-state index is 12.2. The predicted octanol–water partition coefficient (Wildman–Crippen LogP) is 4.84. The van der Waals surface area contributed by atoms with E-state index < -0.39 is 0 Å². The Hall–Kier alpha value is -3.17. The number of aryl methyl sites for hydroxylation is 1. The number of amides is 1. The smallest absolute Gasteiger partial charge is 0.250 e. The molecule has 0 unspecified atom stereocenters. The van der Waals surface area contributed by atoms with Gasteiger partial charge in [0.05, 0.1) is 12.0 Å².